The van der Waals surface area contributed by atoms with Crippen LogP contribution in [-0.2, 0) is 0 Å². The van der Waals surface area contributed by atoms with Gasteiger partial charge in [-0.1, -0.05) is 44.2 Å². The number of benzene rings is 1. The number of nitrogens with zero attached hydrogens (tertiary/aromatic N) is 1. The lowest BCUT2D eigenvalue weighted by Crippen LogP contribution is -2.10. The zero-order valence-electron chi connectivity index (χ0n) is 9.61. The maximum atomic E-state index is 5.65. The smallest absolute Gasteiger partial charge is 0.0934 e. The molecule has 0 spiro atoms. The average molecular weight is 204 g/mol. The lowest BCUT2D eigenvalue weighted by molar-refractivity contribution is 0.690. The molecule has 0 saturated carbocycles. The first-order valence-corrected chi connectivity index (χ1v) is 5.57. The molecule has 0 aromatic heterocycles. The van der Waals surface area contributed by atoms with Crippen molar-refractivity contribution < 1.29 is 0 Å². The first kappa shape index (κ1) is 11.8. The molecule has 0 radical (unpaired) electrons. The molecular formula is C13H20N2. The normalized spacial score (nSPS) is 13.9. The van der Waals surface area contributed by atoms with Crippen LogP contribution in [0.2, 0.25) is 0 Å². The Morgan fingerprint density at radius 2 is 2.00 bits per heavy atom. The standard InChI is InChI=1S/C13H20N2/c1-3-13(14)15-10-9-11(2)12-7-5-4-6-8-12/h4-8,11H,3,9-10H2,1-2H3,(H2,14,15). The largest absolute Gasteiger partial charge is 0.387 e. The first-order valence-electron chi connectivity index (χ1n) is 5.57. The second kappa shape index (κ2) is 6.23. The number of amidine groups is 1. The number of nitrogens with two attached hydrogens (primary N) is 1. The van der Waals surface area contributed by atoms with Crippen LogP contribution in [0.25, 0.3) is 0 Å². The van der Waals surface area contributed by atoms with Crippen LogP contribution in [0.15, 0.2) is 35.3 Å². The molecule has 0 aliphatic carbocycles. The summed E-state index contributed by atoms with van der Waals surface area (Å²) in [5, 5.41) is 0. The van der Waals surface area contributed by atoms with E-state index in [4.69, 9.17) is 5.73 Å². The van der Waals surface area contributed by atoms with E-state index in [1.807, 2.05) is 13.0 Å². The Balaban J connectivity index is 2.40. The monoisotopic (exact) mass is 204 g/mol. The highest BCUT2D eigenvalue weighted by Gasteiger charge is 2.03. The van der Waals surface area contributed by atoms with Crippen molar-refractivity contribution in [3.8, 4) is 0 Å². The molecule has 15 heavy (non-hydrogen) atoms. The van der Waals surface area contributed by atoms with Crippen molar-refractivity contribution in [2.24, 2.45) is 10.7 Å². The van der Waals surface area contributed by atoms with Crippen LogP contribution in [0.4, 0.5) is 0 Å². The third-order valence-corrected chi connectivity index (χ3v) is 2.61. The van der Waals surface area contributed by atoms with Gasteiger partial charge in [0.2, 0.25) is 0 Å². The summed E-state index contributed by atoms with van der Waals surface area (Å²) in [5.41, 5.74) is 7.03. The van der Waals surface area contributed by atoms with Gasteiger partial charge in [-0.15, -0.1) is 0 Å². The summed E-state index contributed by atoms with van der Waals surface area (Å²) in [6.07, 6.45) is 1.91. The van der Waals surface area contributed by atoms with Crippen LogP contribution < -0.4 is 5.73 Å². The first-order chi connectivity index (χ1) is 7.24. The molecule has 0 heterocycles. The SMILES string of the molecule is CCC(N)=NCCC(C)c1ccccc1. The lowest BCUT2D eigenvalue weighted by atomic mass is 9.98. The minimum atomic E-state index is 0.555. The van der Waals surface area contributed by atoms with Crippen molar-refractivity contribution >= 4 is 5.84 Å². The summed E-state index contributed by atoms with van der Waals surface area (Å²) in [7, 11) is 0. The fraction of sp³-hybridized carbons (Fsp3) is 0.462. The third-order valence-electron chi connectivity index (χ3n) is 2.61. The summed E-state index contributed by atoms with van der Waals surface area (Å²) < 4.78 is 0. The van der Waals surface area contributed by atoms with Gasteiger partial charge in [-0.25, -0.2) is 0 Å². The van der Waals surface area contributed by atoms with Crippen molar-refractivity contribution in [3.63, 3.8) is 0 Å². The van der Waals surface area contributed by atoms with Crippen LogP contribution >= 0.6 is 0 Å². The predicted molar refractivity (Wildman–Crippen MR) is 66.3 cm³/mol. The Morgan fingerprint density at radius 1 is 1.33 bits per heavy atom. The molecule has 82 valence electrons. The van der Waals surface area contributed by atoms with E-state index < -0.39 is 0 Å². The molecule has 0 saturated heterocycles. The Labute approximate surface area is 92.2 Å². The zero-order valence-corrected chi connectivity index (χ0v) is 9.61. The topological polar surface area (TPSA) is 38.4 Å². The van der Waals surface area contributed by atoms with E-state index in [1.54, 1.807) is 0 Å². The number of rotatable bonds is 5. The van der Waals surface area contributed by atoms with Crippen molar-refractivity contribution in [2.45, 2.75) is 32.6 Å². The predicted octanol–water partition coefficient (Wildman–Crippen LogP) is 2.95. The summed E-state index contributed by atoms with van der Waals surface area (Å²) in [6.45, 7) is 5.09. The maximum Gasteiger partial charge on any atom is 0.0934 e. The van der Waals surface area contributed by atoms with Crippen molar-refractivity contribution in [3.05, 3.63) is 35.9 Å². The van der Waals surface area contributed by atoms with Crippen LogP contribution in [-0.4, -0.2) is 12.4 Å². The molecule has 1 rings (SSSR count). The maximum absolute atomic E-state index is 5.65. The van der Waals surface area contributed by atoms with Gasteiger partial charge in [0.05, 0.1) is 5.84 Å². The van der Waals surface area contributed by atoms with E-state index in [1.165, 1.54) is 5.56 Å². The molecule has 1 aromatic carbocycles. The minimum Gasteiger partial charge on any atom is -0.387 e. The zero-order chi connectivity index (χ0) is 11.1. The summed E-state index contributed by atoms with van der Waals surface area (Å²) in [5.74, 6) is 1.31. The fourth-order valence-corrected chi connectivity index (χ4v) is 1.46. The lowest BCUT2D eigenvalue weighted by Gasteiger charge is -2.09. The molecule has 2 N–H and O–H groups in total. The van der Waals surface area contributed by atoms with E-state index >= 15 is 0 Å². The highest BCUT2D eigenvalue weighted by molar-refractivity contribution is 5.79. The summed E-state index contributed by atoms with van der Waals surface area (Å²) in [6, 6.07) is 10.5. The Morgan fingerprint density at radius 3 is 2.60 bits per heavy atom. The third kappa shape index (κ3) is 4.15. The molecule has 1 unspecified atom stereocenters. The number of hydrogen-bond acceptors (Lipinski definition) is 1. The number of hydrogen-bond donors (Lipinski definition) is 1. The summed E-state index contributed by atoms with van der Waals surface area (Å²) >= 11 is 0. The van der Waals surface area contributed by atoms with Gasteiger partial charge in [0.15, 0.2) is 0 Å². The van der Waals surface area contributed by atoms with Crippen LogP contribution in [0, 0.1) is 0 Å². The van der Waals surface area contributed by atoms with Gasteiger partial charge in [0, 0.05) is 13.0 Å². The van der Waals surface area contributed by atoms with Gasteiger partial charge in [0.25, 0.3) is 0 Å². The molecule has 0 aliphatic rings. The van der Waals surface area contributed by atoms with Crippen LogP contribution in [0.5, 0.6) is 0 Å². The van der Waals surface area contributed by atoms with Gasteiger partial charge in [-0.2, -0.15) is 0 Å². The highest BCUT2D eigenvalue weighted by atomic mass is 14.8. The molecular weight excluding hydrogens is 184 g/mol. The summed E-state index contributed by atoms with van der Waals surface area (Å²) in [4.78, 5) is 4.30. The van der Waals surface area contributed by atoms with E-state index in [0.717, 1.165) is 25.2 Å². The van der Waals surface area contributed by atoms with E-state index in [2.05, 4.69) is 36.2 Å². The van der Waals surface area contributed by atoms with E-state index in [9.17, 15) is 0 Å². The highest BCUT2D eigenvalue weighted by Crippen LogP contribution is 2.17. The average Bonchev–Trinajstić information content (AvgIpc) is 2.29. The van der Waals surface area contributed by atoms with Crippen molar-refractivity contribution in [2.75, 3.05) is 6.54 Å². The Kier molecular flexibility index (Phi) is 4.88. The molecule has 2 nitrogen and oxygen atoms in total. The molecule has 2 heteroatoms. The van der Waals surface area contributed by atoms with Crippen LogP contribution in [0.3, 0.4) is 0 Å². The molecule has 0 aliphatic heterocycles. The van der Waals surface area contributed by atoms with Crippen LogP contribution in [0.1, 0.15) is 38.2 Å². The molecule has 1 aromatic rings. The number of aliphatic imine (C=N–C) groups is 1. The molecule has 0 fully saturated rings. The second-order valence-corrected chi connectivity index (χ2v) is 3.83. The van der Waals surface area contributed by atoms with Gasteiger partial charge < -0.3 is 5.73 Å². The van der Waals surface area contributed by atoms with E-state index in [0.29, 0.717) is 5.92 Å². The molecule has 1 atom stereocenters. The van der Waals surface area contributed by atoms with Gasteiger partial charge in [-0.05, 0) is 17.9 Å². The van der Waals surface area contributed by atoms with Gasteiger partial charge in [-0.3, -0.25) is 4.99 Å². The van der Waals surface area contributed by atoms with Crippen molar-refractivity contribution in [1.82, 2.24) is 0 Å². The quantitative estimate of drug-likeness (QED) is 0.581. The molecule has 0 amide bonds. The molecule has 0 bridgehead atoms. The second-order valence-electron chi connectivity index (χ2n) is 3.83. The van der Waals surface area contributed by atoms with E-state index in [-0.39, 0.29) is 0 Å². The Bertz CT molecular complexity index is 304. The Hall–Kier alpha value is -1.31. The van der Waals surface area contributed by atoms with Gasteiger partial charge in [0.1, 0.15) is 0 Å². The van der Waals surface area contributed by atoms with Crippen molar-refractivity contribution in [1.29, 1.82) is 0 Å². The minimum absolute atomic E-state index is 0.555. The van der Waals surface area contributed by atoms with Gasteiger partial charge >= 0.3 is 0 Å². The fourth-order valence-electron chi connectivity index (χ4n) is 1.46.